The summed E-state index contributed by atoms with van der Waals surface area (Å²) < 4.78 is 0. The van der Waals surface area contributed by atoms with E-state index in [0.717, 1.165) is 48.0 Å². The van der Waals surface area contributed by atoms with E-state index in [9.17, 15) is 0 Å². The summed E-state index contributed by atoms with van der Waals surface area (Å²) in [5.41, 5.74) is 2.39. The molecule has 5 nitrogen and oxygen atoms in total. The average Bonchev–Trinajstić information content (AvgIpc) is 3.14. The van der Waals surface area contributed by atoms with E-state index in [2.05, 4.69) is 44.8 Å². The highest BCUT2D eigenvalue weighted by Gasteiger charge is 2.25. The summed E-state index contributed by atoms with van der Waals surface area (Å²) >= 11 is 8.55. The predicted molar refractivity (Wildman–Crippen MR) is 135 cm³/mol. The first kappa shape index (κ1) is 23.9. The van der Waals surface area contributed by atoms with Gasteiger partial charge in [0.2, 0.25) is 0 Å². The molecular weight excluding hydrogens is 505 g/mol. The third kappa shape index (κ3) is 6.31. The second-order valence-electron chi connectivity index (χ2n) is 7.47. The van der Waals surface area contributed by atoms with E-state index in [1.165, 1.54) is 24.9 Å². The van der Waals surface area contributed by atoms with Crippen molar-refractivity contribution in [3.05, 3.63) is 28.8 Å². The van der Waals surface area contributed by atoms with E-state index in [1.54, 1.807) is 0 Å². The van der Waals surface area contributed by atoms with Crippen LogP contribution in [0.2, 0.25) is 5.02 Å². The van der Waals surface area contributed by atoms with Crippen LogP contribution in [0.25, 0.3) is 0 Å². The Bertz CT molecular complexity index is 651. The number of thioether (sulfide) groups is 1. The fourth-order valence-corrected chi connectivity index (χ4v) is 4.94. The number of guanidine groups is 1. The third-order valence-corrected chi connectivity index (χ3v) is 7.10. The molecule has 0 amide bonds. The molecule has 0 bridgehead atoms. The van der Waals surface area contributed by atoms with Gasteiger partial charge in [-0.1, -0.05) is 17.7 Å². The van der Waals surface area contributed by atoms with Gasteiger partial charge < -0.3 is 20.4 Å². The van der Waals surface area contributed by atoms with Crippen LogP contribution in [-0.2, 0) is 6.54 Å². The van der Waals surface area contributed by atoms with Crippen LogP contribution in [0.4, 0.5) is 5.69 Å². The smallest absolute Gasteiger partial charge is 0.191 e. The first-order chi connectivity index (χ1) is 13.1. The van der Waals surface area contributed by atoms with Gasteiger partial charge in [0.15, 0.2) is 5.96 Å². The summed E-state index contributed by atoms with van der Waals surface area (Å²) in [4.78, 5) is 9.24. The van der Waals surface area contributed by atoms with Crippen LogP contribution >= 0.6 is 47.3 Å². The van der Waals surface area contributed by atoms with Crippen molar-refractivity contribution in [2.75, 3.05) is 51.4 Å². The molecule has 2 aliphatic rings. The summed E-state index contributed by atoms with van der Waals surface area (Å²) in [6.45, 7) is 4.92. The van der Waals surface area contributed by atoms with E-state index in [0.29, 0.717) is 12.6 Å². The van der Waals surface area contributed by atoms with Crippen molar-refractivity contribution in [2.45, 2.75) is 37.1 Å². The SMILES string of the molecule is CN=C(NCc1c(Cl)cccc1N1CCN(C)CC1)NC1CCC(SC)C1.I. The van der Waals surface area contributed by atoms with Crippen LogP contribution in [0.5, 0.6) is 0 Å². The van der Waals surface area contributed by atoms with Crippen LogP contribution in [0.1, 0.15) is 24.8 Å². The number of aliphatic imine (C=N–C) groups is 1. The molecule has 8 heteroatoms. The maximum atomic E-state index is 6.57. The fourth-order valence-electron chi connectivity index (χ4n) is 3.91. The Morgan fingerprint density at radius 2 is 2.00 bits per heavy atom. The molecular formula is C20H33ClIN5S. The number of rotatable bonds is 5. The third-order valence-electron chi connectivity index (χ3n) is 5.65. The molecule has 2 unspecified atom stereocenters. The zero-order chi connectivity index (χ0) is 19.2. The lowest BCUT2D eigenvalue weighted by Gasteiger charge is -2.35. The van der Waals surface area contributed by atoms with Crippen molar-refractivity contribution in [1.82, 2.24) is 15.5 Å². The molecule has 158 valence electrons. The fraction of sp³-hybridized carbons (Fsp3) is 0.650. The molecule has 0 radical (unpaired) electrons. The molecule has 1 saturated carbocycles. The quantitative estimate of drug-likeness (QED) is 0.341. The zero-order valence-electron chi connectivity index (χ0n) is 17.1. The number of anilines is 1. The van der Waals surface area contributed by atoms with Gasteiger partial charge in [0.25, 0.3) is 0 Å². The number of hydrogen-bond acceptors (Lipinski definition) is 4. The molecule has 1 heterocycles. The predicted octanol–water partition coefficient (Wildman–Crippen LogP) is 3.66. The number of benzene rings is 1. The van der Waals surface area contributed by atoms with Crippen molar-refractivity contribution in [3.8, 4) is 0 Å². The minimum atomic E-state index is 0. The van der Waals surface area contributed by atoms with E-state index in [1.807, 2.05) is 30.9 Å². The van der Waals surface area contributed by atoms with Crippen molar-refractivity contribution in [3.63, 3.8) is 0 Å². The number of piperazine rings is 1. The lowest BCUT2D eigenvalue weighted by molar-refractivity contribution is 0.312. The van der Waals surface area contributed by atoms with Gasteiger partial charge in [-0.3, -0.25) is 4.99 Å². The van der Waals surface area contributed by atoms with Crippen LogP contribution in [-0.4, -0.2) is 68.7 Å². The lowest BCUT2D eigenvalue weighted by Crippen LogP contribution is -2.45. The number of halogens is 2. The molecule has 1 saturated heterocycles. The van der Waals surface area contributed by atoms with Gasteiger partial charge >= 0.3 is 0 Å². The lowest BCUT2D eigenvalue weighted by atomic mass is 10.1. The molecule has 0 spiro atoms. The van der Waals surface area contributed by atoms with Crippen LogP contribution in [0.3, 0.4) is 0 Å². The molecule has 1 aromatic rings. The molecule has 1 aliphatic carbocycles. The summed E-state index contributed by atoms with van der Waals surface area (Å²) in [7, 11) is 4.02. The second-order valence-corrected chi connectivity index (χ2v) is 9.01. The Labute approximate surface area is 196 Å². The van der Waals surface area contributed by atoms with Gasteiger partial charge in [0.1, 0.15) is 0 Å². The Morgan fingerprint density at radius 1 is 1.25 bits per heavy atom. The number of nitrogens with one attached hydrogen (secondary N) is 2. The van der Waals surface area contributed by atoms with Gasteiger partial charge in [-0.2, -0.15) is 11.8 Å². The first-order valence-corrected chi connectivity index (χ1v) is 11.5. The molecule has 28 heavy (non-hydrogen) atoms. The highest BCUT2D eigenvalue weighted by molar-refractivity contribution is 14.0. The Morgan fingerprint density at radius 3 is 2.64 bits per heavy atom. The van der Waals surface area contributed by atoms with Gasteiger partial charge in [0, 0.05) is 67.3 Å². The monoisotopic (exact) mass is 537 g/mol. The van der Waals surface area contributed by atoms with Crippen molar-refractivity contribution in [1.29, 1.82) is 0 Å². The first-order valence-electron chi connectivity index (χ1n) is 9.81. The minimum Gasteiger partial charge on any atom is -0.369 e. The summed E-state index contributed by atoms with van der Waals surface area (Å²) in [6.07, 6.45) is 5.91. The molecule has 0 aromatic heterocycles. The molecule has 2 N–H and O–H groups in total. The molecule has 3 rings (SSSR count). The maximum absolute atomic E-state index is 6.57. The van der Waals surface area contributed by atoms with Crippen LogP contribution < -0.4 is 15.5 Å². The largest absolute Gasteiger partial charge is 0.369 e. The molecule has 2 fully saturated rings. The topological polar surface area (TPSA) is 42.9 Å². The van der Waals surface area contributed by atoms with Gasteiger partial charge in [-0.15, -0.1) is 24.0 Å². The molecule has 2 atom stereocenters. The van der Waals surface area contributed by atoms with E-state index >= 15 is 0 Å². The van der Waals surface area contributed by atoms with Gasteiger partial charge in [-0.25, -0.2) is 0 Å². The highest BCUT2D eigenvalue weighted by atomic mass is 127. The molecule has 1 aromatic carbocycles. The zero-order valence-corrected chi connectivity index (χ0v) is 21.0. The standard InChI is InChI=1S/C20H32ClN5S.HI/c1-22-20(24-15-7-8-16(13-15)27-3)23-14-17-18(21)5-4-6-19(17)26-11-9-25(2)10-12-26;/h4-6,15-16H,7-14H2,1-3H3,(H2,22,23,24);1H. The van der Waals surface area contributed by atoms with Crippen molar-refractivity contribution < 1.29 is 0 Å². The summed E-state index contributed by atoms with van der Waals surface area (Å²) in [5, 5.41) is 8.66. The Balaban J connectivity index is 0.00000280. The molecule has 1 aliphatic heterocycles. The van der Waals surface area contributed by atoms with Crippen molar-refractivity contribution >= 4 is 59.0 Å². The maximum Gasteiger partial charge on any atom is 0.191 e. The van der Waals surface area contributed by atoms with E-state index in [-0.39, 0.29) is 24.0 Å². The van der Waals surface area contributed by atoms with E-state index in [4.69, 9.17) is 11.6 Å². The Kier molecular flexibility index (Phi) is 10.00. The minimum absolute atomic E-state index is 0. The normalized spacial score (nSPS) is 23.4. The van der Waals surface area contributed by atoms with E-state index < -0.39 is 0 Å². The summed E-state index contributed by atoms with van der Waals surface area (Å²) in [5.74, 6) is 0.867. The number of nitrogens with zero attached hydrogens (tertiary/aromatic N) is 3. The average molecular weight is 538 g/mol. The van der Waals surface area contributed by atoms with Gasteiger partial charge in [-0.05, 0) is 44.7 Å². The summed E-state index contributed by atoms with van der Waals surface area (Å²) in [6, 6.07) is 6.73. The number of hydrogen-bond donors (Lipinski definition) is 2. The van der Waals surface area contributed by atoms with Crippen LogP contribution in [0, 0.1) is 0 Å². The van der Waals surface area contributed by atoms with Crippen LogP contribution in [0.15, 0.2) is 23.2 Å². The highest BCUT2D eigenvalue weighted by Crippen LogP contribution is 2.29. The van der Waals surface area contributed by atoms with Crippen molar-refractivity contribution in [2.24, 2.45) is 4.99 Å². The number of likely N-dealkylation sites (N-methyl/N-ethyl adjacent to an activating group) is 1. The second kappa shape index (κ2) is 11.7. The van der Waals surface area contributed by atoms with Gasteiger partial charge in [0.05, 0.1) is 0 Å². The Hall–Kier alpha value is -0.380.